The van der Waals surface area contributed by atoms with Crippen LogP contribution in [0.5, 0.6) is 0 Å². The van der Waals surface area contributed by atoms with Gasteiger partial charge in [-0.3, -0.25) is 0 Å². The lowest BCUT2D eigenvalue weighted by Gasteiger charge is -2.24. The molecule has 0 bridgehead atoms. The summed E-state index contributed by atoms with van der Waals surface area (Å²) in [6.07, 6.45) is 0.392. The van der Waals surface area contributed by atoms with Gasteiger partial charge >= 0.3 is 0 Å². The first kappa shape index (κ1) is 13.4. The van der Waals surface area contributed by atoms with Crippen molar-refractivity contribution in [2.75, 3.05) is 18.9 Å². The molecule has 0 saturated heterocycles. The lowest BCUT2D eigenvalue weighted by Crippen LogP contribution is -2.39. The van der Waals surface area contributed by atoms with E-state index in [1.807, 2.05) is 0 Å². The lowest BCUT2D eigenvalue weighted by atomic mass is 10.3. The Morgan fingerprint density at radius 3 is 2.43 bits per heavy atom. The maximum absolute atomic E-state index is 11.5. The van der Waals surface area contributed by atoms with Crippen LogP contribution < -0.4 is 0 Å². The number of aliphatic hydroxyl groups excluding tert-OH is 1. The molecule has 0 heterocycles. The third-order valence-electron chi connectivity index (χ3n) is 1.72. The first-order valence-electron chi connectivity index (χ1n) is 4.43. The third-order valence-corrected chi connectivity index (χ3v) is 3.53. The smallest absolute Gasteiger partial charge is 0.227 e. The van der Waals surface area contributed by atoms with Crippen LogP contribution in [0.25, 0.3) is 0 Å². The minimum atomic E-state index is -3.48. The monoisotopic (exact) mass is 220 g/mol. The van der Waals surface area contributed by atoms with Gasteiger partial charge in [-0.1, -0.05) is 0 Å². The molecule has 0 aliphatic carbocycles. The van der Waals surface area contributed by atoms with E-state index in [1.54, 1.807) is 19.9 Å². The number of nitriles is 1. The van der Waals surface area contributed by atoms with Crippen LogP contribution in [0.2, 0.25) is 0 Å². The molecule has 0 amide bonds. The Labute approximate surface area is 85.0 Å². The Morgan fingerprint density at radius 1 is 1.50 bits per heavy atom. The van der Waals surface area contributed by atoms with Gasteiger partial charge in [-0.2, -0.15) is 9.57 Å². The molecule has 0 aliphatic rings. The van der Waals surface area contributed by atoms with Crippen LogP contribution in [-0.2, 0) is 10.0 Å². The highest BCUT2D eigenvalue weighted by atomic mass is 32.2. The van der Waals surface area contributed by atoms with Gasteiger partial charge in [0.2, 0.25) is 10.0 Å². The first-order chi connectivity index (χ1) is 6.45. The third kappa shape index (κ3) is 4.05. The van der Waals surface area contributed by atoms with E-state index < -0.39 is 15.8 Å². The van der Waals surface area contributed by atoms with Crippen molar-refractivity contribution in [1.82, 2.24) is 4.31 Å². The number of sulfonamides is 1. The molecule has 0 aromatic heterocycles. The van der Waals surface area contributed by atoms with Crippen molar-refractivity contribution >= 4 is 10.0 Å². The molecule has 0 atom stereocenters. The van der Waals surface area contributed by atoms with Gasteiger partial charge in [-0.05, 0) is 20.3 Å². The van der Waals surface area contributed by atoms with Crippen LogP contribution in [0.15, 0.2) is 0 Å². The van der Waals surface area contributed by atoms with Crippen molar-refractivity contribution < 1.29 is 13.5 Å². The molecule has 82 valence electrons. The Hall–Kier alpha value is -0.640. The summed E-state index contributed by atoms with van der Waals surface area (Å²) in [6, 6.07) is 1.45. The van der Waals surface area contributed by atoms with Gasteiger partial charge in [0.25, 0.3) is 0 Å². The first-order valence-corrected chi connectivity index (χ1v) is 6.04. The van der Waals surface area contributed by atoms with Crippen LogP contribution >= 0.6 is 0 Å². The van der Waals surface area contributed by atoms with Gasteiger partial charge in [0.15, 0.2) is 5.75 Å². The summed E-state index contributed by atoms with van der Waals surface area (Å²) in [5.74, 6) is -0.503. The molecule has 0 unspecified atom stereocenters. The van der Waals surface area contributed by atoms with E-state index >= 15 is 0 Å². The standard InChI is InChI=1S/C8H16N2O3S/c1-8(2)10(5-3-6-11)14(12,13)7-4-9/h8,11H,3,5-7H2,1-2H3. The minimum absolute atomic E-state index is 0.0503. The van der Waals surface area contributed by atoms with E-state index in [2.05, 4.69) is 0 Å². The zero-order valence-electron chi connectivity index (χ0n) is 8.47. The quantitative estimate of drug-likeness (QED) is 0.679. The molecule has 6 heteroatoms. The van der Waals surface area contributed by atoms with Crippen molar-refractivity contribution in [3.63, 3.8) is 0 Å². The van der Waals surface area contributed by atoms with Gasteiger partial charge in [0.05, 0.1) is 6.07 Å². The fraction of sp³-hybridized carbons (Fsp3) is 0.875. The topological polar surface area (TPSA) is 81.4 Å². The maximum Gasteiger partial charge on any atom is 0.227 e. The van der Waals surface area contributed by atoms with E-state index in [-0.39, 0.29) is 19.2 Å². The highest BCUT2D eigenvalue weighted by Crippen LogP contribution is 2.07. The summed E-state index contributed by atoms with van der Waals surface area (Å²) in [4.78, 5) is 0. The van der Waals surface area contributed by atoms with Gasteiger partial charge in [-0.25, -0.2) is 8.42 Å². The van der Waals surface area contributed by atoms with E-state index in [4.69, 9.17) is 10.4 Å². The molecule has 0 aromatic carbocycles. The fourth-order valence-electron chi connectivity index (χ4n) is 1.11. The Balaban J connectivity index is 4.58. The molecule has 1 N–H and O–H groups in total. The largest absolute Gasteiger partial charge is 0.396 e. The van der Waals surface area contributed by atoms with Gasteiger partial charge in [-0.15, -0.1) is 0 Å². The molecule has 0 aliphatic heterocycles. The predicted molar refractivity (Wildman–Crippen MR) is 52.9 cm³/mol. The van der Waals surface area contributed by atoms with E-state index in [0.717, 1.165) is 0 Å². The normalized spacial score (nSPS) is 12.0. The highest BCUT2D eigenvalue weighted by Gasteiger charge is 2.23. The van der Waals surface area contributed by atoms with Crippen LogP contribution in [0.1, 0.15) is 20.3 Å². The summed E-state index contributed by atoms with van der Waals surface area (Å²) in [5, 5.41) is 17.0. The van der Waals surface area contributed by atoms with Crippen molar-refractivity contribution in [3.8, 4) is 6.07 Å². The fourth-order valence-corrected chi connectivity index (χ4v) is 2.49. The number of aliphatic hydroxyl groups is 1. The second kappa shape index (κ2) is 5.96. The van der Waals surface area contributed by atoms with Gasteiger partial charge in [0, 0.05) is 19.2 Å². The molecule has 14 heavy (non-hydrogen) atoms. The summed E-state index contributed by atoms with van der Waals surface area (Å²) in [7, 11) is -3.48. The van der Waals surface area contributed by atoms with Crippen LogP contribution in [0, 0.1) is 11.3 Å². The summed E-state index contributed by atoms with van der Waals surface area (Å²) in [6.45, 7) is 3.70. The number of hydrogen-bond acceptors (Lipinski definition) is 4. The summed E-state index contributed by atoms with van der Waals surface area (Å²) < 4.78 is 24.2. The average molecular weight is 220 g/mol. The van der Waals surface area contributed by atoms with Crippen LogP contribution in [0.3, 0.4) is 0 Å². The number of nitrogens with zero attached hydrogens (tertiary/aromatic N) is 2. The zero-order chi connectivity index (χ0) is 11.2. The van der Waals surface area contributed by atoms with Crippen molar-refractivity contribution in [2.24, 2.45) is 0 Å². The van der Waals surface area contributed by atoms with E-state index in [9.17, 15) is 8.42 Å². The molecule has 0 aromatic rings. The maximum atomic E-state index is 11.5. The average Bonchev–Trinajstić information content (AvgIpc) is 2.03. The number of rotatable bonds is 6. The Kier molecular flexibility index (Phi) is 5.69. The molecule has 0 fully saturated rings. The molecule has 0 rings (SSSR count). The minimum Gasteiger partial charge on any atom is -0.396 e. The Morgan fingerprint density at radius 2 is 2.07 bits per heavy atom. The molecule has 0 spiro atoms. The molecule has 0 radical (unpaired) electrons. The molecule has 0 saturated carbocycles. The van der Waals surface area contributed by atoms with Gasteiger partial charge < -0.3 is 5.11 Å². The van der Waals surface area contributed by atoms with E-state index in [0.29, 0.717) is 6.42 Å². The van der Waals surface area contributed by atoms with Crippen molar-refractivity contribution in [1.29, 1.82) is 5.26 Å². The van der Waals surface area contributed by atoms with Crippen molar-refractivity contribution in [2.45, 2.75) is 26.3 Å². The number of hydrogen-bond donors (Lipinski definition) is 1. The SMILES string of the molecule is CC(C)N(CCCO)S(=O)(=O)CC#N. The molecule has 5 nitrogen and oxygen atoms in total. The van der Waals surface area contributed by atoms with Gasteiger partial charge in [0.1, 0.15) is 0 Å². The summed E-state index contributed by atoms with van der Waals surface area (Å²) in [5.41, 5.74) is 0. The predicted octanol–water partition coefficient (Wildman–Crippen LogP) is -0.0674. The van der Waals surface area contributed by atoms with Crippen LogP contribution in [-0.4, -0.2) is 42.8 Å². The summed E-state index contributed by atoms with van der Waals surface area (Å²) >= 11 is 0. The second-order valence-corrected chi connectivity index (χ2v) is 5.12. The molecular weight excluding hydrogens is 204 g/mol. The van der Waals surface area contributed by atoms with E-state index in [1.165, 1.54) is 4.31 Å². The van der Waals surface area contributed by atoms with Crippen LogP contribution in [0.4, 0.5) is 0 Å². The molecular formula is C8H16N2O3S. The zero-order valence-corrected chi connectivity index (χ0v) is 9.29. The highest BCUT2D eigenvalue weighted by molar-refractivity contribution is 7.89. The Bertz CT molecular complexity index is 292. The lowest BCUT2D eigenvalue weighted by molar-refractivity contribution is 0.258. The second-order valence-electron chi connectivity index (χ2n) is 3.20. The van der Waals surface area contributed by atoms with Crippen molar-refractivity contribution in [3.05, 3.63) is 0 Å².